The van der Waals surface area contributed by atoms with Crippen molar-refractivity contribution in [2.45, 2.75) is 49.5 Å². The van der Waals surface area contributed by atoms with Crippen molar-refractivity contribution in [3.63, 3.8) is 0 Å². The van der Waals surface area contributed by atoms with E-state index < -0.39 is 15.8 Å². The van der Waals surface area contributed by atoms with E-state index in [0.717, 1.165) is 30.0 Å². The van der Waals surface area contributed by atoms with Crippen LogP contribution in [0.5, 0.6) is 0 Å². The van der Waals surface area contributed by atoms with Gasteiger partial charge >= 0.3 is 0 Å². The number of carbonyl (C=O) groups excluding carboxylic acids is 1. The Morgan fingerprint density at radius 3 is 2.59 bits per heavy atom. The van der Waals surface area contributed by atoms with E-state index in [0.29, 0.717) is 32.5 Å². The maximum Gasteiger partial charge on any atom is 0.245 e. The van der Waals surface area contributed by atoms with E-state index in [1.807, 2.05) is 5.38 Å². The van der Waals surface area contributed by atoms with Crippen LogP contribution in [0.25, 0.3) is 0 Å². The molecule has 1 aliphatic heterocycles. The SMILES string of the molecule is O=C(NCc1csc(C2CCN(S(=O)(=O)c3ccccc3F)CC2)n1)C1CCC1. The van der Waals surface area contributed by atoms with Crippen molar-refractivity contribution in [1.82, 2.24) is 14.6 Å². The number of nitrogens with one attached hydrogen (secondary N) is 1. The van der Waals surface area contributed by atoms with Crippen LogP contribution in [0.4, 0.5) is 4.39 Å². The quantitative estimate of drug-likeness (QED) is 0.752. The molecule has 0 spiro atoms. The maximum atomic E-state index is 13.9. The average Bonchev–Trinajstić information content (AvgIpc) is 3.14. The van der Waals surface area contributed by atoms with Crippen molar-refractivity contribution in [3.05, 3.63) is 46.2 Å². The summed E-state index contributed by atoms with van der Waals surface area (Å²) in [5, 5.41) is 5.88. The van der Waals surface area contributed by atoms with Gasteiger partial charge in [0.05, 0.1) is 17.2 Å². The highest BCUT2D eigenvalue weighted by Crippen LogP contribution is 2.33. The molecule has 2 heterocycles. The molecule has 0 radical (unpaired) electrons. The first kappa shape index (κ1) is 20.4. The zero-order chi connectivity index (χ0) is 20.4. The lowest BCUT2D eigenvalue weighted by atomic mass is 9.85. The fraction of sp³-hybridized carbons (Fsp3) is 0.500. The highest BCUT2D eigenvalue weighted by Gasteiger charge is 2.32. The number of aromatic nitrogens is 1. The molecule has 1 N–H and O–H groups in total. The van der Waals surface area contributed by atoms with Gasteiger partial charge in [-0.05, 0) is 37.8 Å². The average molecular weight is 438 g/mol. The standard InChI is InChI=1S/C20H24FN3O3S2/c21-17-6-1-2-7-18(17)29(26,27)24-10-8-15(9-11-24)20-23-16(13-28-20)12-22-19(25)14-4-3-5-14/h1-2,6-7,13-15H,3-5,8-12H2,(H,22,25). The van der Waals surface area contributed by atoms with Crippen LogP contribution in [-0.4, -0.2) is 36.7 Å². The molecular weight excluding hydrogens is 413 g/mol. The van der Waals surface area contributed by atoms with Gasteiger partial charge in [-0.3, -0.25) is 4.79 Å². The lowest BCUT2D eigenvalue weighted by Crippen LogP contribution is -2.38. The smallest absolute Gasteiger partial charge is 0.245 e. The third-order valence-electron chi connectivity index (χ3n) is 5.75. The number of piperidine rings is 1. The normalized spacial score (nSPS) is 19.1. The number of rotatable bonds is 6. The van der Waals surface area contributed by atoms with Crippen LogP contribution in [0, 0.1) is 11.7 Å². The molecule has 1 saturated carbocycles. The van der Waals surface area contributed by atoms with E-state index in [4.69, 9.17) is 0 Å². The molecule has 2 aliphatic rings. The van der Waals surface area contributed by atoms with Crippen molar-refractivity contribution >= 4 is 27.3 Å². The summed E-state index contributed by atoms with van der Waals surface area (Å²) < 4.78 is 40.7. The van der Waals surface area contributed by atoms with Crippen LogP contribution in [0.3, 0.4) is 0 Å². The first-order chi connectivity index (χ1) is 13.9. The van der Waals surface area contributed by atoms with Crippen molar-refractivity contribution < 1.29 is 17.6 Å². The Morgan fingerprint density at radius 2 is 1.93 bits per heavy atom. The summed E-state index contributed by atoms with van der Waals surface area (Å²) in [6.45, 7) is 1.12. The second-order valence-electron chi connectivity index (χ2n) is 7.63. The second kappa shape index (κ2) is 8.49. The third kappa shape index (κ3) is 4.36. The minimum absolute atomic E-state index is 0.109. The lowest BCUT2D eigenvalue weighted by molar-refractivity contribution is -0.127. The summed E-state index contributed by atoms with van der Waals surface area (Å²) in [4.78, 5) is 16.3. The Bertz CT molecular complexity index is 980. The van der Waals surface area contributed by atoms with E-state index in [9.17, 15) is 17.6 Å². The minimum Gasteiger partial charge on any atom is -0.350 e. The predicted octanol–water partition coefficient (Wildman–Crippen LogP) is 3.27. The summed E-state index contributed by atoms with van der Waals surface area (Å²) >= 11 is 1.55. The molecule has 2 fully saturated rings. The van der Waals surface area contributed by atoms with E-state index in [2.05, 4.69) is 10.3 Å². The zero-order valence-corrected chi connectivity index (χ0v) is 17.6. The molecule has 29 heavy (non-hydrogen) atoms. The largest absolute Gasteiger partial charge is 0.350 e. The first-order valence-corrected chi connectivity index (χ1v) is 12.2. The topological polar surface area (TPSA) is 79.4 Å². The minimum atomic E-state index is -3.82. The van der Waals surface area contributed by atoms with Crippen LogP contribution in [0.2, 0.25) is 0 Å². The molecule has 0 atom stereocenters. The molecule has 156 valence electrons. The van der Waals surface area contributed by atoms with Gasteiger partial charge in [-0.15, -0.1) is 11.3 Å². The van der Waals surface area contributed by atoms with Crippen molar-refractivity contribution in [3.8, 4) is 0 Å². The Balaban J connectivity index is 1.33. The lowest BCUT2D eigenvalue weighted by Gasteiger charge is -2.30. The van der Waals surface area contributed by atoms with Crippen molar-refractivity contribution in [2.24, 2.45) is 5.92 Å². The Hall–Kier alpha value is -1.84. The molecule has 1 aliphatic carbocycles. The maximum absolute atomic E-state index is 13.9. The molecule has 4 rings (SSSR count). The summed E-state index contributed by atoms with van der Waals surface area (Å²) in [6.07, 6.45) is 4.37. The second-order valence-corrected chi connectivity index (χ2v) is 10.4. The molecular formula is C20H24FN3O3S2. The fourth-order valence-electron chi connectivity index (χ4n) is 3.72. The van der Waals surface area contributed by atoms with Crippen LogP contribution in [-0.2, 0) is 21.4 Å². The highest BCUT2D eigenvalue weighted by molar-refractivity contribution is 7.89. The van der Waals surface area contributed by atoms with E-state index >= 15 is 0 Å². The molecule has 2 aromatic rings. The molecule has 0 unspecified atom stereocenters. The van der Waals surface area contributed by atoms with Gasteiger partial charge in [0.15, 0.2) is 0 Å². The number of thiazole rings is 1. The molecule has 9 heteroatoms. The van der Waals surface area contributed by atoms with E-state index in [-0.39, 0.29) is 22.6 Å². The summed E-state index contributed by atoms with van der Waals surface area (Å²) in [5.74, 6) is -0.266. The molecule has 1 aromatic carbocycles. The molecule has 0 bridgehead atoms. The number of hydrogen-bond donors (Lipinski definition) is 1. The van der Waals surface area contributed by atoms with Gasteiger partial charge in [-0.2, -0.15) is 4.31 Å². The number of hydrogen-bond acceptors (Lipinski definition) is 5. The monoisotopic (exact) mass is 437 g/mol. The van der Waals surface area contributed by atoms with Crippen LogP contribution >= 0.6 is 11.3 Å². The molecule has 1 aromatic heterocycles. The fourth-order valence-corrected chi connectivity index (χ4v) is 6.25. The number of benzene rings is 1. The number of amides is 1. The van der Waals surface area contributed by atoms with Gasteiger partial charge in [0.25, 0.3) is 0 Å². The third-order valence-corrected chi connectivity index (χ3v) is 8.73. The van der Waals surface area contributed by atoms with Gasteiger partial charge in [0.2, 0.25) is 15.9 Å². The van der Waals surface area contributed by atoms with Crippen LogP contribution in [0.1, 0.15) is 48.7 Å². The summed E-state index contributed by atoms with van der Waals surface area (Å²) in [5.41, 5.74) is 0.846. The molecule has 6 nitrogen and oxygen atoms in total. The van der Waals surface area contributed by atoms with Gasteiger partial charge in [-0.1, -0.05) is 18.6 Å². The van der Waals surface area contributed by atoms with Gasteiger partial charge in [0.1, 0.15) is 10.7 Å². The van der Waals surface area contributed by atoms with Gasteiger partial charge in [0, 0.05) is 30.3 Å². The first-order valence-electron chi connectivity index (χ1n) is 9.92. The zero-order valence-electron chi connectivity index (χ0n) is 16.0. The van der Waals surface area contributed by atoms with Crippen molar-refractivity contribution in [1.29, 1.82) is 0 Å². The number of carbonyl (C=O) groups is 1. The molecule has 1 amide bonds. The van der Waals surface area contributed by atoms with Crippen LogP contribution in [0.15, 0.2) is 34.5 Å². The Morgan fingerprint density at radius 1 is 1.21 bits per heavy atom. The van der Waals surface area contributed by atoms with Gasteiger partial charge in [-0.25, -0.2) is 17.8 Å². The van der Waals surface area contributed by atoms with E-state index in [1.165, 1.54) is 28.6 Å². The number of nitrogens with zero attached hydrogens (tertiary/aromatic N) is 2. The van der Waals surface area contributed by atoms with Crippen molar-refractivity contribution in [2.75, 3.05) is 13.1 Å². The summed E-state index contributed by atoms with van der Waals surface area (Å²) in [7, 11) is -3.82. The number of halogens is 1. The Kier molecular flexibility index (Phi) is 5.98. The predicted molar refractivity (Wildman–Crippen MR) is 108 cm³/mol. The summed E-state index contributed by atoms with van der Waals surface area (Å²) in [6, 6.07) is 5.49. The van der Waals surface area contributed by atoms with Gasteiger partial charge < -0.3 is 5.32 Å². The van der Waals surface area contributed by atoms with Crippen LogP contribution < -0.4 is 5.32 Å². The van der Waals surface area contributed by atoms with E-state index in [1.54, 1.807) is 11.3 Å². The highest BCUT2D eigenvalue weighted by atomic mass is 32.2. The Labute approximate surface area is 174 Å². The number of sulfonamides is 1. The molecule has 1 saturated heterocycles.